The normalized spacial score (nSPS) is 14.9. The van der Waals surface area contributed by atoms with E-state index < -0.39 is 23.7 Å². The van der Waals surface area contributed by atoms with Gasteiger partial charge in [-0.25, -0.2) is 13.6 Å². The molecule has 0 aliphatic carbocycles. The Balaban J connectivity index is 1.53. The quantitative estimate of drug-likeness (QED) is 0.721. The number of carbonyl (C=O) groups is 2. The molecule has 0 N–H and O–H groups in total. The number of amides is 1. The van der Waals surface area contributed by atoms with Gasteiger partial charge in [0.05, 0.1) is 0 Å². The molecule has 1 amide bonds. The number of carbonyl (C=O) groups excluding carboxylic acids is 2. The molecule has 2 aromatic rings. The highest BCUT2D eigenvalue weighted by Crippen LogP contribution is 2.24. The number of hydrogen-bond acceptors (Lipinski definition) is 4. The van der Waals surface area contributed by atoms with Crippen molar-refractivity contribution < 1.29 is 27.8 Å². The van der Waals surface area contributed by atoms with Crippen LogP contribution < -0.4 is 9.64 Å². The fourth-order valence-corrected chi connectivity index (χ4v) is 2.91. The maximum atomic E-state index is 13.7. The number of esters is 1. The highest BCUT2D eigenvalue weighted by atomic mass is 19.1. The van der Waals surface area contributed by atoms with E-state index in [1.807, 2.05) is 0 Å². The van der Waals surface area contributed by atoms with Crippen molar-refractivity contribution in [2.45, 2.75) is 25.9 Å². The largest absolute Gasteiger partial charge is 0.482 e. The van der Waals surface area contributed by atoms with Crippen LogP contribution in [0.5, 0.6) is 5.75 Å². The summed E-state index contributed by atoms with van der Waals surface area (Å²) < 4.78 is 37.4. The van der Waals surface area contributed by atoms with Gasteiger partial charge in [-0.3, -0.25) is 4.79 Å². The monoisotopic (exact) mass is 375 g/mol. The second kappa shape index (κ2) is 8.16. The lowest BCUT2D eigenvalue weighted by molar-refractivity contribution is -0.151. The molecule has 1 heterocycles. The van der Waals surface area contributed by atoms with Crippen molar-refractivity contribution in [1.29, 1.82) is 0 Å². The van der Waals surface area contributed by atoms with Gasteiger partial charge in [-0.05, 0) is 55.8 Å². The molecule has 0 aromatic heterocycles. The van der Waals surface area contributed by atoms with Crippen molar-refractivity contribution >= 4 is 17.6 Å². The smallest absolute Gasteiger partial charge is 0.344 e. The minimum atomic E-state index is -0.944. The van der Waals surface area contributed by atoms with Crippen molar-refractivity contribution in [2.75, 3.05) is 18.1 Å². The van der Waals surface area contributed by atoms with Crippen molar-refractivity contribution in [1.82, 2.24) is 0 Å². The summed E-state index contributed by atoms with van der Waals surface area (Å²) in [5.74, 6) is -1.44. The van der Waals surface area contributed by atoms with Gasteiger partial charge < -0.3 is 14.4 Å². The lowest BCUT2D eigenvalue weighted by Gasteiger charge is -2.16. The van der Waals surface area contributed by atoms with Gasteiger partial charge in [0.2, 0.25) is 5.91 Å². The van der Waals surface area contributed by atoms with Crippen LogP contribution in [0.1, 0.15) is 31.4 Å². The van der Waals surface area contributed by atoms with Gasteiger partial charge >= 0.3 is 5.97 Å². The molecular weight excluding hydrogens is 356 g/mol. The molecule has 0 radical (unpaired) electrons. The maximum Gasteiger partial charge on any atom is 0.344 e. The average Bonchev–Trinajstić information content (AvgIpc) is 3.08. The second-order valence-electron chi connectivity index (χ2n) is 6.23. The number of hydrogen-bond donors (Lipinski definition) is 0. The van der Waals surface area contributed by atoms with E-state index in [1.54, 1.807) is 29.2 Å². The summed E-state index contributed by atoms with van der Waals surface area (Å²) in [6, 6.07) is 9.78. The van der Waals surface area contributed by atoms with Crippen LogP contribution in [0, 0.1) is 11.6 Å². The van der Waals surface area contributed by atoms with E-state index >= 15 is 0 Å². The zero-order chi connectivity index (χ0) is 19.4. The first-order valence-electron chi connectivity index (χ1n) is 8.61. The highest BCUT2D eigenvalue weighted by molar-refractivity contribution is 5.95. The molecule has 2 aromatic carbocycles. The molecule has 0 saturated carbocycles. The molecule has 1 unspecified atom stereocenters. The van der Waals surface area contributed by atoms with E-state index in [0.717, 1.165) is 30.3 Å². The van der Waals surface area contributed by atoms with E-state index in [2.05, 4.69) is 0 Å². The van der Waals surface area contributed by atoms with E-state index in [1.165, 1.54) is 6.92 Å². The molecular formula is C20H19F2NO4. The van der Waals surface area contributed by atoms with Gasteiger partial charge in [0, 0.05) is 24.2 Å². The summed E-state index contributed by atoms with van der Waals surface area (Å²) in [5, 5.41) is 0. The van der Waals surface area contributed by atoms with Crippen LogP contribution in [-0.4, -0.2) is 25.0 Å². The Kier molecular flexibility index (Phi) is 5.69. The van der Waals surface area contributed by atoms with Crippen LogP contribution in [0.25, 0.3) is 0 Å². The Hall–Kier alpha value is -2.96. The Morgan fingerprint density at radius 3 is 2.59 bits per heavy atom. The first-order valence-corrected chi connectivity index (χ1v) is 8.61. The molecule has 1 fully saturated rings. The van der Waals surface area contributed by atoms with Gasteiger partial charge in [-0.1, -0.05) is 0 Å². The van der Waals surface area contributed by atoms with Crippen LogP contribution in [-0.2, 0) is 14.3 Å². The fraction of sp³-hybridized carbons (Fsp3) is 0.300. The predicted octanol–water partition coefficient (Wildman–Crippen LogP) is 3.77. The molecule has 0 bridgehead atoms. The first-order chi connectivity index (χ1) is 12.9. The van der Waals surface area contributed by atoms with E-state index in [0.29, 0.717) is 18.7 Å². The SMILES string of the molecule is CC(OC(=O)COc1ccc(N2CCCC2=O)cc1)c1cc(F)ccc1F. The molecule has 3 rings (SSSR count). The number of benzene rings is 2. The number of rotatable bonds is 6. The van der Waals surface area contributed by atoms with Crippen molar-refractivity contribution in [3.8, 4) is 5.75 Å². The summed E-state index contributed by atoms with van der Waals surface area (Å²) in [6.07, 6.45) is 0.446. The third kappa shape index (κ3) is 4.61. The topological polar surface area (TPSA) is 55.8 Å². The molecule has 7 heteroatoms. The maximum absolute atomic E-state index is 13.7. The van der Waals surface area contributed by atoms with Gasteiger partial charge in [0.25, 0.3) is 0 Å². The summed E-state index contributed by atoms with van der Waals surface area (Å²) in [4.78, 5) is 25.3. The third-order valence-electron chi connectivity index (χ3n) is 4.28. The summed E-state index contributed by atoms with van der Waals surface area (Å²) >= 11 is 0. The molecule has 1 aliphatic rings. The molecule has 1 aliphatic heterocycles. The van der Waals surface area contributed by atoms with Crippen LogP contribution in [0.2, 0.25) is 0 Å². The lowest BCUT2D eigenvalue weighted by atomic mass is 10.1. The van der Waals surface area contributed by atoms with Gasteiger partial charge in [-0.2, -0.15) is 0 Å². The minimum Gasteiger partial charge on any atom is -0.482 e. The molecule has 0 spiro atoms. The van der Waals surface area contributed by atoms with Crippen molar-refractivity contribution in [2.24, 2.45) is 0 Å². The molecule has 27 heavy (non-hydrogen) atoms. The average molecular weight is 375 g/mol. The first kappa shape index (κ1) is 18.8. The van der Waals surface area contributed by atoms with E-state index in [9.17, 15) is 18.4 Å². The van der Waals surface area contributed by atoms with Crippen LogP contribution in [0.15, 0.2) is 42.5 Å². The fourth-order valence-electron chi connectivity index (χ4n) is 2.91. The molecule has 5 nitrogen and oxygen atoms in total. The number of halogens is 2. The van der Waals surface area contributed by atoms with Crippen LogP contribution in [0.4, 0.5) is 14.5 Å². The predicted molar refractivity (Wildman–Crippen MR) is 94.4 cm³/mol. The standard InChI is InChI=1S/C20H19F2NO4/c1-13(17-11-14(21)4-9-18(17)22)27-20(25)12-26-16-7-5-15(6-8-16)23-10-2-3-19(23)24/h4-9,11,13H,2-3,10,12H2,1H3. The van der Waals surface area contributed by atoms with Crippen molar-refractivity contribution in [3.63, 3.8) is 0 Å². The summed E-state index contributed by atoms with van der Waals surface area (Å²) in [5.41, 5.74) is 0.741. The van der Waals surface area contributed by atoms with Gasteiger partial charge in [0.15, 0.2) is 6.61 Å². The van der Waals surface area contributed by atoms with Crippen molar-refractivity contribution in [3.05, 3.63) is 59.7 Å². The minimum absolute atomic E-state index is 0.0389. The number of ether oxygens (including phenoxy) is 2. The molecule has 142 valence electrons. The highest BCUT2D eigenvalue weighted by Gasteiger charge is 2.21. The third-order valence-corrected chi connectivity index (χ3v) is 4.28. The molecule has 1 atom stereocenters. The second-order valence-corrected chi connectivity index (χ2v) is 6.23. The van der Waals surface area contributed by atoms with Crippen LogP contribution in [0.3, 0.4) is 0 Å². The Morgan fingerprint density at radius 2 is 1.93 bits per heavy atom. The van der Waals surface area contributed by atoms with E-state index in [-0.39, 0.29) is 18.1 Å². The summed E-state index contributed by atoms with van der Waals surface area (Å²) in [6.45, 7) is 1.78. The Morgan fingerprint density at radius 1 is 1.19 bits per heavy atom. The zero-order valence-electron chi connectivity index (χ0n) is 14.8. The number of nitrogens with zero attached hydrogens (tertiary/aromatic N) is 1. The summed E-state index contributed by atoms with van der Waals surface area (Å²) in [7, 11) is 0. The number of anilines is 1. The van der Waals surface area contributed by atoms with Crippen LogP contribution >= 0.6 is 0 Å². The lowest BCUT2D eigenvalue weighted by Crippen LogP contribution is -2.23. The van der Waals surface area contributed by atoms with Gasteiger partial charge in [-0.15, -0.1) is 0 Å². The zero-order valence-corrected chi connectivity index (χ0v) is 14.8. The Labute approximate surface area is 155 Å². The molecule has 1 saturated heterocycles. The van der Waals surface area contributed by atoms with Gasteiger partial charge in [0.1, 0.15) is 23.5 Å². The van der Waals surface area contributed by atoms with E-state index in [4.69, 9.17) is 9.47 Å². The Bertz CT molecular complexity index is 838.